The Morgan fingerprint density at radius 2 is 1.71 bits per heavy atom. The highest BCUT2D eigenvalue weighted by molar-refractivity contribution is 5.79. The Bertz CT molecular complexity index is 159. The fourth-order valence-corrected chi connectivity index (χ4v) is 0.619. The number of amides is 1. The van der Waals surface area contributed by atoms with Gasteiger partial charge in [0, 0.05) is 20.3 Å². The van der Waals surface area contributed by atoms with E-state index in [-0.39, 0.29) is 6.42 Å². The summed E-state index contributed by atoms with van der Waals surface area (Å²) in [6.07, 6.45) is 2.76. The van der Waals surface area contributed by atoms with E-state index in [4.69, 9.17) is 5.73 Å². The molecule has 17 heavy (non-hydrogen) atoms. The van der Waals surface area contributed by atoms with E-state index in [0.717, 1.165) is 12.8 Å². The quantitative estimate of drug-likeness (QED) is 0.570. The molecule has 0 saturated carbocycles. The number of aldehydes is 1. The van der Waals surface area contributed by atoms with Crippen LogP contribution in [0.25, 0.3) is 5.32 Å². The highest BCUT2D eigenvalue weighted by atomic mass is 16.1. The molecule has 0 aromatic carbocycles. The normalized spacial score (nSPS) is 10.0. The third-order valence-corrected chi connectivity index (χ3v) is 1.09. The van der Waals surface area contributed by atoms with E-state index in [1.807, 2.05) is 0 Å². The highest BCUT2D eigenvalue weighted by Gasteiger charge is 1.99. The van der Waals surface area contributed by atoms with Crippen LogP contribution in [0.5, 0.6) is 0 Å². The Kier molecular flexibility index (Phi) is 25.0. The van der Waals surface area contributed by atoms with Crippen molar-refractivity contribution in [3.63, 3.8) is 0 Å². The maximum absolute atomic E-state index is 10.3. The third-order valence-electron chi connectivity index (χ3n) is 1.09. The Morgan fingerprint density at radius 3 is 1.94 bits per heavy atom. The van der Waals surface area contributed by atoms with Gasteiger partial charge in [-0.2, -0.15) is 0 Å². The molecule has 0 radical (unpaired) electrons. The van der Waals surface area contributed by atoms with Gasteiger partial charge in [0.05, 0.1) is 13.3 Å². The van der Waals surface area contributed by atoms with Gasteiger partial charge in [0.2, 0.25) is 5.91 Å². The maximum atomic E-state index is 10.3. The number of nitrogens with two attached hydrogens (primary N) is 1. The monoisotopic (exact) mass is 240 g/mol. The number of carbonyl (C=O) groups excluding carboxylic acids is 2. The summed E-state index contributed by atoms with van der Waals surface area (Å²) < 4.78 is 0. The predicted molar refractivity (Wildman–Crippen MR) is 72.5 cm³/mol. The highest BCUT2D eigenvalue weighted by Crippen LogP contribution is 2.02. The third kappa shape index (κ3) is 31.3. The molecule has 98 valence electrons. The minimum atomic E-state index is -0.575. The predicted octanol–water partition coefficient (Wildman–Crippen LogP) is 2.12. The molecule has 0 spiro atoms. The van der Waals surface area contributed by atoms with E-state index < -0.39 is 11.9 Å². The van der Waals surface area contributed by atoms with E-state index in [1.165, 1.54) is 0 Å². The Balaban J connectivity index is -0.000000273. The van der Waals surface area contributed by atoms with Crippen LogP contribution >= 0.6 is 0 Å². The Labute approximate surface area is 106 Å². The molecule has 0 rings (SSSR count). The van der Waals surface area contributed by atoms with Crippen LogP contribution in [0.2, 0.25) is 0 Å². The molecule has 0 unspecified atom stereocenters. The van der Waals surface area contributed by atoms with Crippen LogP contribution in [0.15, 0.2) is 0 Å². The average Bonchev–Trinajstić information content (AvgIpc) is 2.26. The van der Waals surface area contributed by atoms with Crippen molar-refractivity contribution in [1.82, 2.24) is 0 Å². The van der Waals surface area contributed by atoms with Crippen molar-refractivity contribution in [2.45, 2.75) is 31.7 Å². The number of nitrogens with zero attached hydrogens (tertiary/aromatic N) is 1. The summed E-state index contributed by atoms with van der Waals surface area (Å²) in [6.45, 7) is 17.5. The summed E-state index contributed by atoms with van der Waals surface area (Å²) in [5.74, 6) is -0.505. The molecule has 0 aliphatic rings. The van der Waals surface area contributed by atoms with Crippen molar-refractivity contribution in [2.24, 2.45) is 5.73 Å². The molecule has 2 N–H and O–H groups in total. The van der Waals surface area contributed by atoms with Crippen molar-refractivity contribution in [2.75, 3.05) is 6.54 Å². The largest absolute Gasteiger partial charge is 0.650 e. The summed E-state index contributed by atoms with van der Waals surface area (Å²) in [5, 5.41) is 3.87. The summed E-state index contributed by atoms with van der Waals surface area (Å²) in [4.78, 5) is 20.5. The van der Waals surface area contributed by atoms with Crippen LogP contribution in [-0.4, -0.2) is 24.8 Å². The van der Waals surface area contributed by atoms with Crippen LogP contribution < -0.4 is 5.73 Å². The smallest absolute Gasteiger partial charge is 0.216 e. The fraction of sp³-hybridized carbons (Fsp3) is 0.462. The number of carbonyl (C=O) groups is 2. The van der Waals surface area contributed by atoms with Crippen molar-refractivity contribution < 1.29 is 9.59 Å². The number of rotatable bonds is 6. The molecule has 4 heteroatoms. The van der Waals surface area contributed by atoms with Gasteiger partial charge < -0.3 is 15.8 Å². The molecule has 0 aromatic heterocycles. The lowest BCUT2D eigenvalue weighted by molar-refractivity contribution is -0.120. The molecule has 0 aliphatic heterocycles. The van der Waals surface area contributed by atoms with Crippen molar-refractivity contribution in [3.05, 3.63) is 39.9 Å². The molecule has 0 fully saturated rings. The van der Waals surface area contributed by atoms with Crippen molar-refractivity contribution in [3.8, 4) is 0 Å². The first-order valence-corrected chi connectivity index (χ1v) is 5.40. The molecule has 4 nitrogen and oxygen atoms in total. The Morgan fingerprint density at radius 1 is 1.29 bits per heavy atom. The SMILES string of the molecule is [CH2+]CC[N-][C@@H](C=O)CC(N)=O.[CH2+]C[CH2-].[CH2+]C[CH2-]. The van der Waals surface area contributed by atoms with Crippen molar-refractivity contribution in [1.29, 1.82) is 0 Å². The van der Waals surface area contributed by atoms with E-state index in [2.05, 4.69) is 39.9 Å². The number of hydrogen-bond acceptors (Lipinski definition) is 2. The molecular weight excluding hydrogens is 216 g/mol. The van der Waals surface area contributed by atoms with Gasteiger partial charge in [-0.15, -0.1) is 6.54 Å². The first-order valence-electron chi connectivity index (χ1n) is 5.40. The van der Waals surface area contributed by atoms with Gasteiger partial charge in [-0.3, -0.25) is 18.6 Å². The van der Waals surface area contributed by atoms with E-state index in [0.29, 0.717) is 19.3 Å². The molecule has 0 aliphatic carbocycles. The summed E-state index contributed by atoms with van der Waals surface area (Å²) in [6, 6.07) is -0.575. The molecule has 0 heterocycles. The number of hydrogen-bond donors (Lipinski definition) is 1. The average molecular weight is 240 g/mol. The lowest BCUT2D eigenvalue weighted by Crippen LogP contribution is -2.21. The summed E-state index contributed by atoms with van der Waals surface area (Å²) in [5.41, 5.74) is 4.87. The molecule has 1 atom stereocenters. The van der Waals surface area contributed by atoms with Crippen LogP contribution in [0.1, 0.15) is 25.7 Å². The van der Waals surface area contributed by atoms with Crippen LogP contribution in [-0.2, 0) is 9.59 Å². The van der Waals surface area contributed by atoms with Crippen LogP contribution in [0.3, 0.4) is 0 Å². The van der Waals surface area contributed by atoms with Gasteiger partial charge in [-0.05, 0) is 12.8 Å². The lowest BCUT2D eigenvalue weighted by Gasteiger charge is -2.22. The van der Waals surface area contributed by atoms with Gasteiger partial charge >= 0.3 is 0 Å². The second-order valence-electron chi connectivity index (χ2n) is 2.84. The van der Waals surface area contributed by atoms with Gasteiger partial charge in [-0.25, -0.2) is 0 Å². The van der Waals surface area contributed by atoms with Gasteiger partial charge in [-0.1, -0.05) is 6.04 Å². The van der Waals surface area contributed by atoms with E-state index in [9.17, 15) is 9.59 Å². The maximum Gasteiger partial charge on any atom is 0.216 e. The van der Waals surface area contributed by atoms with E-state index >= 15 is 0 Å². The van der Waals surface area contributed by atoms with Gasteiger partial charge in [0.15, 0.2) is 0 Å². The second-order valence-corrected chi connectivity index (χ2v) is 2.84. The van der Waals surface area contributed by atoms with Gasteiger partial charge in [0.25, 0.3) is 0 Å². The van der Waals surface area contributed by atoms with Crippen LogP contribution in [0.4, 0.5) is 0 Å². The Hall–Kier alpha value is -1.29. The van der Waals surface area contributed by atoms with Gasteiger partial charge in [0.1, 0.15) is 6.29 Å². The fourth-order valence-electron chi connectivity index (χ4n) is 0.619. The molecular formula is C13H24N2O2. The standard InChI is InChI=1S/C7H12N2O2.2C3H6/c1-2-3-9-6(5-10)4-7(8)11;2*1-3-2/h5-6H,1-4H2,(H2,8,11);2*1-3H2/t6-;;/m1../s1. The summed E-state index contributed by atoms with van der Waals surface area (Å²) in [7, 11) is 0. The zero-order valence-electron chi connectivity index (χ0n) is 10.6. The lowest BCUT2D eigenvalue weighted by atomic mass is 10.2. The second kappa shape index (κ2) is 20.2. The number of primary amides is 1. The van der Waals surface area contributed by atoms with E-state index in [1.54, 1.807) is 0 Å². The molecule has 0 saturated heterocycles. The minimum Gasteiger partial charge on any atom is -0.650 e. The topological polar surface area (TPSA) is 74.3 Å². The molecule has 0 bridgehead atoms. The zero-order valence-corrected chi connectivity index (χ0v) is 10.6. The first kappa shape index (κ1) is 21.0. The van der Waals surface area contributed by atoms with Crippen molar-refractivity contribution >= 4 is 12.2 Å². The van der Waals surface area contributed by atoms with Crippen LogP contribution in [0, 0.1) is 34.6 Å². The zero-order chi connectivity index (χ0) is 14.1. The minimum absolute atomic E-state index is 0.00347. The summed E-state index contributed by atoms with van der Waals surface area (Å²) >= 11 is 0. The first-order chi connectivity index (χ1) is 8.03. The molecule has 0 aromatic rings. The molecule has 1 amide bonds.